The summed E-state index contributed by atoms with van der Waals surface area (Å²) in [5.74, 6) is 1.97. The molecule has 4 heteroatoms. The molecule has 0 saturated heterocycles. The fourth-order valence-electron chi connectivity index (χ4n) is 1.72. The van der Waals surface area contributed by atoms with E-state index in [1.807, 2.05) is 49.6 Å². The number of para-hydroxylation sites is 1. The van der Waals surface area contributed by atoms with Crippen LogP contribution in [0, 0.1) is 6.92 Å². The van der Waals surface area contributed by atoms with E-state index in [1.165, 1.54) is 0 Å². The van der Waals surface area contributed by atoms with E-state index in [2.05, 4.69) is 14.9 Å². The van der Waals surface area contributed by atoms with Crippen molar-refractivity contribution in [2.75, 3.05) is 19.7 Å². The minimum Gasteiger partial charge on any atom is -0.492 e. The van der Waals surface area contributed by atoms with Gasteiger partial charge in [-0.2, -0.15) is 0 Å². The van der Waals surface area contributed by atoms with E-state index in [0.717, 1.165) is 31.2 Å². The minimum atomic E-state index is 0.687. The van der Waals surface area contributed by atoms with Crippen LogP contribution in [0.5, 0.6) is 5.75 Å². The molecule has 1 N–H and O–H groups in total. The molecule has 0 amide bonds. The number of rotatable bonds is 7. The Morgan fingerprint density at radius 1 is 1.22 bits per heavy atom. The first-order valence-corrected chi connectivity index (χ1v) is 6.22. The second kappa shape index (κ2) is 6.81. The summed E-state index contributed by atoms with van der Waals surface area (Å²) in [6.45, 7) is 5.42. The van der Waals surface area contributed by atoms with E-state index in [0.29, 0.717) is 6.61 Å². The van der Waals surface area contributed by atoms with Crippen LogP contribution in [0.2, 0.25) is 0 Å². The zero-order valence-corrected chi connectivity index (χ0v) is 10.7. The highest BCUT2D eigenvalue weighted by molar-refractivity contribution is 5.20. The van der Waals surface area contributed by atoms with Gasteiger partial charge < -0.3 is 14.6 Å². The van der Waals surface area contributed by atoms with Crippen LogP contribution in [-0.2, 0) is 6.54 Å². The molecule has 18 heavy (non-hydrogen) atoms. The molecule has 2 aromatic rings. The van der Waals surface area contributed by atoms with Crippen molar-refractivity contribution in [3.05, 3.63) is 48.5 Å². The van der Waals surface area contributed by atoms with Gasteiger partial charge in [0.15, 0.2) is 0 Å². The standard InChI is InChI=1S/C14H19N3O/c1-13-16-8-11-17(13)10-7-15-9-12-18-14-5-3-2-4-6-14/h2-6,8,11,15H,7,9-10,12H2,1H3. The SMILES string of the molecule is Cc1nccn1CCNCCOc1ccccc1. The number of nitrogens with one attached hydrogen (secondary N) is 1. The van der Waals surface area contributed by atoms with Crippen LogP contribution in [0.3, 0.4) is 0 Å². The lowest BCUT2D eigenvalue weighted by molar-refractivity contribution is 0.313. The van der Waals surface area contributed by atoms with Gasteiger partial charge in [0, 0.05) is 32.0 Å². The zero-order chi connectivity index (χ0) is 12.6. The predicted octanol–water partition coefficient (Wildman–Crippen LogP) is 1.86. The van der Waals surface area contributed by atoms with E-state index < -0.39 is 0 Å². The van der Waals surface area contributed by atoms with Gasteiger partial charge in [-0.25, -0.2) is 4.98 Å². The normalized spacial score (nSPS) is 10.5. The summed E-state index contributed by atoms with van der Waals surface area (Å²) < 4.78 is 7.72. The van der Waals surface area contributed by atoms with Crippen molar-refractivity contribution in [2.24, 2.45) is 0 Å². The number of imidazole rings is 1. The Bertz CT molecular complexity index is 453. The largest absolute Gasteiger partial charge is 0.492 e. The number of benzene rings is 1. The molecule has 0 spiro atoms. The maximum atomic E-state index is 5.59. The molecule has 96 valence electrons. The van der Waals surface area contributed by atoms with Crippen LogP contribution in [0.15, 0.2) is 42.7 Å². The zero-order valence-electron chi connectivity index (χ0n) is 10.7. The third kappa shape index (κ3) is 3.89. The first-order chi connectivity index (χ1) is 8.86. The van der Waals surface area contributed by atoms with E-state index in [9.17, 15) is 0 Å². The molecule has 0 bridgehead atoms. The lowest BCUT2D eigenvalue weighted by Crippen LogP contribution is -2.25. The maximum absolute atomic E-state index is 5.59. The Morgan fingerprint density at radius 2 is 2.06 bits per heavy atom. The summed E-state index contributed by atoms with van der Waals surface area (Å²) in [6, 6.07) is 9.87. The lowest BCUT2D eigenvalue weighted by atomic mass is 10.3. The summed E-state index contributed by atoms with van der Waals surface area (Å²) in [7, 11) is 0. The van der Waals surface area contributed by atoms with Crippen LogP contribution in [0.4, 0.5) is 0 Å². The quantitative estimate of drug-likeness (QED) is 0.757. The highest BCUT2D eigenvalue weighted by Crippen LogP contribution is 2.07. The molecule has 0 fully saturated rings. The number of hydrogen-bond acceptors (Lipinski definition) is 3. The fourth-order valence-corrected chi connectivity index (χ4v) is 1.72. The smallest absolute Gasteiger partial charge is 0.119 e. The third-order valence-electron chi connectivity index (χ3n) is 2.74. The molecule has 0 radical (unpaired) electrons. The van der Waals surface area contributed by atoms with Crippen molar-refractivity contribution in [3.63, 3.8) is 0 Å². The van der Waals surface area contributed by atoms with Crippen molar-refractivity contribution < 1.29 is 4.74 Å². The number of ether oxygens (including phenoxy) is 1. The Morgan fingerprint density at radius 3 is 2.78 bits per heavy atom. The van der Waals surface area contributed by atoms with Gasteiger partial charge in [0.25, 0.3) is 0 Å². The lowest BCUT2D eigenvalue weighted by Gasteiger charge is -2.08. The summed E-state index contributed by atoms with van der Waals surface area (Å²) in [4.78, 5) is 4.18. The Kier molecular flexibility index (Phi) is 4.78. The van der Waals surface area contributed by atoms with Crippen molar-refractivity contribution in [1.82, 2.24) is 14.9 Å². The Hall–Kier alpha value is -1.81. The van der Waals surface area contributed by atoms with Crippen molar-refractivity contribution in [2.45, 2.75) is 13.5 Å². The van der Waals surface area contributed by atoms with E-state index >= 15 is 0 Å². The second-order valence-electron chi connectivity index (χ2n) is 4.08. The molecule has 0 unspecified atom stereocenters. The highest BCUT2D eigenvalue weighted by atomic mass is 16.5. The van der Waals surface area contributed by atoms with Crippen LogP contribution in [-0.4, -0.2) is 29.2 Å². The van der Waals surface area contributed by atoms with Gasteiger partial charge in [0.1, 0.15) is 18.2 Å². The number of hydrogen-bond donors (Lipinski definition) is 1. The molecule has 2 rings (SSSR count). The molecule has 4 nitrogen and oxygen atoms in total. The van der Waals surface area contributed by atoms with Crippen LogP contribution < -0.4 is 10.1 Å². The minimum absolute atomic E-state index is 0.687. The van der Waals surface area contributed by atoms with Gasteiger partial charge in [-0.15, -0.1) is 0 Å². The van der Waals surface area contributed by atoms with E-state index in [1.54, 1.807) is 0 Å². The van der Waals surface area contributed by atoms with Gasteiger partial charge in [0.2, 0.25) is 0 Å². The molecule has 1 heterocycles. The predicted molar refractivity (Wildman–Crippen MR) is 71.8 cm³/mol. The summed E-state index contributed by atoms with van der Waals surface area (Å²) in [5.41, 5.74) is 0. The van der Waals surface area contributed by atoms with Crippen LogP contribution >= 0.6 is 0 Å². The molecule has 0 aliphatic rings. The molecule has 1 aromatic heterocycles. The van der Waals surface area contributed by atoms with Gasteiger partial charge in [0.05, 0.1) is 0 Å². The maximum Gasteiger partial charge on any atom is 0.119 e. The molecular weight excluding hydrogens is 226 g/mol. The number of nitrogens with zero attached hydrogens (tertiary/aromatic N) is 2. The first-order valence-electron chi connectivity index (χ1n) is 6.22. The fraction of sp³-hybridized carbons (Fsp3) is 0.357. The second-order valence-corrected chi connectivity index (χ2v) is 4.08. The van der Waals surface area contributed by atoms with Crippen LogP contribution in [0.25, 0.3) is 0 Å². The highest BCUT2D eigenvalue weighted by Gasteiger charge is 1.96. The summed E-state index contributed by atoms with van der Waals surface area (Å²) >= 11 is 0. The van der Waals surface area contributed by atoms with Crippen LogP contribution in [0.1, 0.15) is 5.82 Å². The number of aryl methyl sites for hydroxylation is 1. The molecule has 0 aliphatic carbocycles. The molecule has 0 atom stereocenters. The van der Waals surface area contributed by atoms with Crippen molar-refractivity contribution in [1.29, 1.82) is 0 Å². The topological polar surface area (TPSA) is 39.1 Å². The monoisotopic (exact) mass is 245 g/mol. The van der Waals surface area contributed by atoms with Crippen molar-refractivity contribution in [3.8, 4) is 5.75 Å². The average molecular weight is 245 g/mol. The van der Waals surface area contributed by atoms with E-state index in [4.69, 9.17) is 4.74 Å². The third-order valence-corrected chi connectivity index (χ3v) is 2.74. The summed E-state index contributed by atoms with van der Waals surface area (Å²) in [5, 5.41) is 3.35. The first kappa shape index (κ1) is 12.6. The Labute approximate surface area is 108 Å². The summed E-state index contributed by atoms with van der Waals surface area (Å²) in [6.07, 6.45) is 3.82. The van der Waals surface area contributed by atoms with Gasteiger partial charge in [-0.3, -0.25) is 0 Å². The van der Waals surface area contributed by atoms with Gasteiger partial charge in [-0.1, -0.05) is 18.2 Å². The van der Waals surface area contributed by atoms with E-state index in [-0.39, 0.29) is 0 Å². The molecule has 0 aliphatic heterocycles. The van der Waals surface area contributed by atoms with Gasteiger partial charge in [-0.05, 0) is 19.1 Å². The molecule has 0 saturated carbocycles. The number of aromatic nitrogens is 2. The average Bonchev–Trinajstić information content (AvgIpc) is 2.81. The Balaban J connectivity index is 1.56. The van der Waals surface area contributed by atoms with Crippen molar-refractivity contribution >= 4 is 0 Å². The molecular formula is C14H19N3O. The van der Waals surface area contributed by atoms with Gasteiger partial charge >= 0.3 is 0 Å². The molecule has 1 aromatic carbocycles.